The van der Waals surface area contributed by atoms with E-state index in [1.807, 2.05) is 12.1 Å². The van der Waals surface area contributed by atoms with Gasteiger partial charge >= 0.3 is 5.97 Å². The van der Waals surface area contributed by atoms with Crippen LogP contribution in [0.2, 0.25) is 5.04 Å². The minimum Gasteiger partial charge on any atom is -0.478 e. The number of hydrogen-bond donors (Lipinski definition) is 1. The van der Waals surface area contributed by atoms with E-state index in [1.54, 1.807) is 0 Å². The Balaban J connectivity index is 1.47. The van der Waals surface area contributed by atoms with Crippen LogP contribution in [-0.4, -0.2) is 45.2 Å². The highest BCUT2D eigenvalue weighted by atomic mass is 28.4. The average Bonchev–Trinajstić information content (AvgIpc) is 3.34. The van der Waals surface area contributed by atoms with Crippen molar-refractivity contribution < 1.29 is 28.5 Å². The summed E-state index contributed by atoms with van der Waals surface area (Å²) in [6.07, 6.45) is 6.06. The van der Waals surface area contributed by atoms with Crippen molar-refractivity contribution in [2.24, 2.45) is 11.8 Å². The molecule has 1 fully saturated rings. The van der Waals surface area contributed by atoms with Crippen LogP contribution in [0.1, 0.15) is 46.5 Å². The number of benzene rings is 2. The van der Waals surface area contributed by atoms with Gasteiger partial charge in [0.1, 0.15) is 0 Å². The van der Waals surface area contributed by atoms with Crippen LogP contribution in [0, 0.1) is 11.8 Å². The van der Waals surface area contributed by atoms with Gasteiger partial charge in [-0.1, -0.05) is 87.5 Å². The predicted molar refractivity (Wildman–Crippen MR) is 149 cm³/mol. The van der Waals surface area contributed by atoms with Crippen molar-refractivity contribution in [3.8, 4) is 0 Å². The first-order valence-electron chi connectivity index (χ1n) is 13.6. The minimum absolute atomic E-state index is 0.157. The molecule has 2 aromatic rings. The molecule has 202 valence electrons. The summed E-state index contributed by atoms with van der Waals surface area (Å²) in [4.78, 5) is 12.1. The maximum atomic E-state index is 12.1. The molecule has 0 spiro atoms. The first-order chi connectivity index (χ1) is 18.3. The van der Waals surface area contributed by atoms with Gasteiger partial charge in [0.2, 0.25) is 6.29 Å². The Morgan fingerprint density at radius 1 is 1.03 bits per heavy atom. The molecule has 38 heavy (non-hydrogen) atoms. The number of fused-ring (bicyclic) bond motifs is 1. The van der Waals surface area contributed by atoms with Crippen LogP contribution in [0.4, 0.5) is 0 Å². The largest absolute Gasteiger partial charge is 0.478 e. The molecular weight excluding hydrogens is 496 g/mol. The molecule has 7 heteroatoms. The van der Waals surface area contributed by atoms with Gasteiger partial charge in [-0.2, -0.15) is 0 Å². The third-order valence-electron chi connectivity index (χ3n) is 8.06. The van der Waals surface area contributed by atoms with Crippen molar-refractivity contribution in [2.45, 2.75) is 64.1 Å². The normalized spacial score (nSPS) is 25.7. The zero-order valence-electron chi connectivity index (χ0n) is 22.5. The molecular formula is C31H38O6Si. The highest BCUT2D eigenvalue weighted by molar-refractivity contribution is 6.99. The Labute approximate surface area is 226 Å². The van der Waals surface area contributed by atoms with Gasteiger partial charge in [0, 0.05) is 12.5 Å². The Hall–Kier alpha value is -2.71. The van der Waals surface area contributed by atoms with Crippen molar-refractivity contribution in [3.05, 3.63) is 84.1 Å². The van der Waals surface area contributed by atoms with Gasteiger partial charge in [-0.3, -0.25) is 0 Å². The fraction of sp³-hybridized carbons (Fsp3) is 0.452. The van der Waals surface area contributed by atoms with Gasteiger partial charge in [0.05, 0.1) is 24.4 Å². The summed E-state index contributed by atoms with van der Waals surface area (Å²) < 4.78 is 25.3. The summed E-state index contributed by atoms with van der Waals surface area (Å²) in [5, 5.41) is 12.1. The van der Waals surface area contributed by atoms with Crippen LogP contribution in [0.15, 0.2) is 84.1 Å². The zero-order valence-corrected chi connectivity index (χ0v) is 23.5. The second-order valence-corrected chi connectivity index (χ2v) is 15.7. The third-order valence-corrected chi connectivity index (χ3v) is 13.0. The summed E-state index contributed by atoms with van der Waals surface area (Å²) in [6, 6.07) is 21.1. The Morgan fingerprint density at radius 3 is 2.24 bits per heavy atom. The molecule has 1 N–H and O–H groups in total. The summed E-state index contributed by atoms with van der Waals surface area (Å²) in [6.45, 7) is 7.82. The van der Waals surface area contributed by atoms with Gasteiger partial charge in [0.25, 0.3) is 8.32 Å². The second kappa shape index (κ2) is 11.2. The summed E-state index contributed by atoms with van der Waals surface area (Å²) in [7, 11) is -2.75. The van der Waals surface area contributed by atoms with E-state index in [0.717, 1.165) is 24.8 Å². The van der Waals surface area contributed by atoms with Crippen molar-refractivity contribution in [2.75, 3.05) is 13.2 Å². The molecule has 0 aromatic heterocycles. The Morgan fingerprint density at radius 2 is 1.68 bits per heavy atom. The monoisotopic (exact) mass is 534 g/mol. The number of carboxylic acid groups (broad SMARTS) is 1. The molecule has 2 aliphatic heterocycles. The molecule has 0 radical (unpaired) electrons. The number of hydrogen-bond acceptors (Lipinski definition) is 5. The van der Waals surface area contributed by atoms with Crippen molar-refractivity contribution in [1.82, 2.24) is 0 Å². The van der Waals surface area contributed by atoms with E-state index >= 15 is 0 Å². The molecule has 1 aliphatic carbocycles. The molecule has 3 aliphatic rings. The fourth-order valence-electron chi connectivity index (χ4n) is 6.22. The standard InChI is InChI=1S/C31H38O6Si/c1-31(2,3)38(23-12-6-4-7-13-23,24-14-8-5-9-15-24)36-20-22-17-18-25-26(29(32)33)21-35-30(28(22)25)37-27-16-10-11-19-34-27/h4-9,12-15,17,21,25,27-28,30H,10-11,16,18-20H2,1-3H3,(H,32,33)/t25?,27?,28-,30?/m1/s1. The topological polar surface area (TPSA) is 74.2 Å². The lowest BCUT2D eigenvalue weighted by Crippen LogP contribution is -2.66. The molecule has 0 amide bonds. The minimum atomic E-state index is -2.75. The van der Waals surface area contributed by atoms with E-state index in [-0.39, 0.29) is 28.7 Å². The van der Waals surface area contributed by atoms with E-state index in [2.05, 4.69) is 75.4 Å². The molecule has 4 atom stereocenters. The quantitative estimate of drug-likeness (QED) is 0.380. The lowest BCUT2D eigenvalue weighted by Gasteiger charge is -2.44. The highest BCUT2D eigenvalue weighted by Crippen LogP contribution is 2.45. The average molecular weight is 535 g/mol. The van der Waals surface area contributed by atoms with Crippen molar-refractivity contribution in [3.63, 3.8) is 0 Å². The third kappa shape index (κ3) is 5.12. The maximum absolute atomic E-state index is 12.1. The summed E-state index contributed by atoms with van der Waals surface area (Å²) in [5.74, 6) is -1.41. The van der Waals surface area contributed by atoms with Gasteiger partial charge in [-0.05, 0) is 46.7 Å². The van der Waals surface area contributed by atoms with Gasteiger partial charge in [0.15, 0.2) is 6.29 Å². The predicted octanol–water partition coefficient (Wildman–Crippen LogP) is 4.99. The number of rotatable bonds is 8. The number of ether oxygens (including phenoxy) is 3. The molecule has 2 aromatic carbocycles. The molecule has 1 saturated heterocycles. The van der Waals surface area contributed by atoms with E-state index in [0.29, 0.717) is 19.6 Å². The number of aliphatic carboxylic acids is 1. The first kappa shape index (κ1) is 26.9. The lowest BCUT2D eigenvalue weighted by molar-refractivity contribution is -0.260. The van der Waals surface area contributed by atoms with E-state index in [9.17, 15) is 9.90 Å². The van der Waals surface area contributed by atoms with Crippen LogP contribution < -0.4 is 10.4 Å². The number of carbonyl (C=O) groups is 1. The molecule has 0 saturated carbocycles. The Kier molecular flexibility index (Phi) is 7.91. The maximum Gasteiger partial charge on any atom is 0.335 e. The van der Waals surface area contributed by atoms with Crippen LogP contribution in [0.25, 0.3) is 0 Å². The van der Waals surface area contributed by atoms with Gasteiger partial charge in [-0.25, -0.2) is 4.79 Å². The number of carboxylic acids is 1. The Bertz CT molecular complexity index is 1120. The van der Waals surface area contributed by atoms with Crippen LogP contribution >= 0.6 is 0 Å². The smallest absolute Gasteiger partial charge is 0.335 e. The molecule has 6 nitrogen and oxygen atoms in total. The van der Waals surface area contributed by atoms with Crippen LogP contribution in [0.3, 0.4) is 0 Å². The summed E-state index contributed by atoms with van der Waals surface area (Å²) >= 11 is 0. The van der Waals surface area contributed by atoms with Crippen LogP contribution in [-0.2, 0) is 23.4 Å². The van der Waals surface area contributed by atoms with Gasteiger partial charge in [-0.15, -0.1) is 0 Å². The lowest BCUT2D eigenvalue weighted by atomic mass is 9.83. The van der Waals surface area contributed by atoms with E-state index in [1.165, 1.54) is 16.6 Å². The van der Waals surface area contributed by atoms with E-state index < -0.39 is 20.6 Å². The highest BCUT2D eigenvalue weighted by Gasteiger charge is 2.52. The van der Waals surface area contributed by atoms with E-state index in [4.69, 9.17) is 18.6 Å². The van der Waals surface area contributed by atoms with Crippen molar-refractivity contribution in [1.29, 1.82) is 0 Å². The molecule has 0 bridgehead atoms. The summed E-state index contributed by atoms with van der Waals surface area (Å²) in [5.41, 5.74) is 1.33. The van der Waals surface area contributed by atoms with Crippen LogP contribution in [0.5, 0.6) is 0 Å². The molecule has 2 heterocycles. The SMILES string of the molecule is CC(C)(C)[Si](OCC1=CCC2C(C(=O)O)=COC(OC3CCCCO3)[C@H]12)(c1ccccc1)c1ccccc1. The first-order valence-corrected chi connectivity index (χ1v) is 15.5. The fourth-order valence-corrected chi connectivity index (χ4v) is 10.8. The number of allylic oxidation sites excluding steroid dienone is 1. The van der Waals surface area contributed by atoms with Crippen molar-refractivity contribution >= 4 is 24.7 Å². The molecule has 3 unspecified atom stereocenters. The second-order valence-electron chi connectivity index (χ2n) is 11.4. The van der Waals surface area contributed by atoms with Gasteiger partial charge < -0.3 is 23.7 Å². The zero-order chi connectivity index (χ0) is 26.8. The molecule has 5 rings (SSSR count).